The molecule has 1 aromatic rings. The average molecular weight is 223 g/mol. The van der Waals surface area contributed by atoms with Crippen molar-refractivity contribution < 1.29 is 5.11 Å². The molecule has 0 amide bonds. The zero-order valence-corrected chi connectivity index (χ0v) is 9.29. The molecule has 1 aliphatic rings. The lowest BCUT2D eigenvalue weighted by Gasteiger charge is -2.32. The fourth-order valence-corrected chi connectivity index (χ4v) is 1.75. The molecule has 5 heteroatoms. The van der Waals surface area contributed by atoms with Gasteiger partial charge in [0.25, 0.3) is 0 Å². The molecule has 1 heterocycles. The third-order valence-corrected chi connectivity index (χ3v) is 2.77. The summed E-state index contributed by atoms with van der Waals surface area (Å²) in [5.74, 6) is 1.49. The highest BCUT2D eigenvalue weighted by atomic mass is 32.1. The van der Waals surface area contributed by atoms with E-state index in [2.05, 4.69) is 15.3 Å². The van der Waals surface area contributed by atoms with Gasteiger partial charge in [-0.3, -0.25) is 0 Å². The Labute approximate surface area is 93.8 Å². The maximum absolute atomic E-state index is 9.18. The molecule has 1 saturated carbocycles. The van der Waals surface area contributed by atoms with Crippen molar-refractivity contribution in [1.29, 1.82) is 0 Å². The monoisotopic (exact) mass is 223 g/mol. The van der Waals surface area contributed by atoms with Gasteiger partial charge >= 0.3 is 0 Å². The molecule has 0 radical (unpaired) electrons. The second-order valence-corrected chi connectivity index (χ2v) is 4.04. The van der Waals surface area contributed by atoms with E-state index in [1.54, 1.807) is 11.6 Å². The van der Waals surface area contributed by atoms with Crippen molar-refractivity contribution in [2.45, 2.75) is 31.9 Å². The first-order chi connectivity index (χ1) is 7.19. The highest BCUT2D eigenvalue weighted by molar-refractivity contribution is 7.79. The summed E-state index contributed by atoms with van der Waals surface area (Å²) >= 11 is 4.89. The average Bonchev–Trinajstić information content (AvgIpc) is 2.16. The van der Waals surface area contributed by atoms with Gasteiger partial charge in [0, 0.05) is 23.2 Å². The Hall–Kier alpha value is -1.07. The molecule has 0 unspecified atom stereocenters. The predicted octanol–water partition coefficient (Wildman–Crippen LogP) is 1.07. The van der Waals surface area contributed by atoms with Gasteiger partial charge in [-0.15, -0.1) is 0 Å². The molecule has 80 valence electrons. The second kappa shape index (κ2) is 4.20. The summed E-state index contributed by atoms with van der Waals surface area (Å²) in [5.41, 5.74) is 0.831. The van der Waals surface area contributed by atoms with E-state index in [0.29, 0.717) is 6.04 Å². The predicted molar refractivity (Wildman–Crippen MR) is 62.2 cm³/mol. The molecular formula is C10H13N3OS. The number of aliphatic hydroxyl groups is 1. The summed E-state index contributed by atoms with van der Waals surface area (Å²) in [6.45, 7) is 1.84. The van der Waals surface area contributed by atoms with Crippen LogP contribution in [-0.2, 0) is 0 Å². The van der Waals surface area contributed by atoms with Gasteiger partial charge in [-0.2, -0.15) is 0 Å². The van der Waals surface area contributed by atoms with Gasteiger partial charge in [0.05, 0.1) is 6.10 Å². The van der Waals surface area contributed by atoms with Crippen LogP contribution in [-0.4, -0.2) is 32.6 Å². The van der Waals surface area contributed by atoms with Crippen molar-refractivity contribution in [3.05, 3.63) is 17.6 Å². The molecule has 0 spiro atoms. The Bertz CT molecular complexity index is 377. The van der Waals surface area contributed by atoms with E-state index in [0.717, 1.165) is 30.0 Å². The topological polar surface area (TPSA) is 58.0 Å². The van der Waals surface area contributed by atoms with Crippen LogP contribution in [0.5, 0.6) is 0 Å². The highest BCUT2D eigenvalue weighted by Crippen LogP contribution is 2.24. The number of aryl methyl sites for hydroxylation is 1. The largest absolute Gasteiger partial charge is 0.393 e. The van der Waals surface area contributed by atoms with Crippen LogP contribution in [0.4, 0.5) is 5.82 Å². The van der Waals surface area contributed by atoms with Crippen LogP contribution in [0.1, 0.15) is 24.2 Å². The summed E-state index contributed by atoms with van der Waals surface area (Å²) in [5, 5.41) is 14.0. The van der Waals surface area contributed by atoms with Gasteiger partial charge in [-0.05, 0) is 19.8 Å². The molecular weight excluding hydrogens is 210 g/mol. The van der Waals surface area contributed by atoms with Crippen LogP contribution in [0.2, 0.25) is 0 Å². The van der Waals surface area contributed by atoms with Gasteiger partial charge in [-0.25, -0.2) is 9.97 Å². The maximum Gasteiger partial charge on any atom is 0.138 e. The number of hydrogen-bond donors (Lipinski definition) is 2. The van der Waals surface area contributed by atoms with Crippen molar-refractivity contribution in [2.24, 2.45) is 0 Å². The number of hydrogen-bond acceptors (Lipinski definition) is 5. The smallest absolute Gasteiger partial charge is 0.138 e. The Morgan fingerprint density at radius 3 is 2.93 bits per heavy atom. The third kappa shape index (κ3) is 2.30. The van der Waals surface area contributed by atoms with Crippen LogP contribution in [0.3, 0.4) is 0 Å². The maximum atomic E-state index is 9.18. The van der Waals surface area contributed by atoms with Gasteiger partial charge in [0.15, 0.2) is 0 Å². The molecule has 0 saturated heterocycles. The number of nitrogens with zero attached hydrogens (tertiary/aromatic N) is 2. The molecule has 2 N–H and O–H groups in total. The Kier molecular flexibility index (Phi) is 2.93. The molecule has 0 aromatic carbocycles. The van der Waals surface area contributed by atoms with E-state index in [1.807, 2.05) is 6.92 Å². The number of aliphatic hydroxyl groups excluding tert-OH is 1. The lowest BCUT2D eigenvalue weighted by Crippen LogP contribution is -2.39. The Morgan fingerprint density at radius 1 is 1.60 bits per heavy atom. The number of rotatable bonds is 3. The van der Waals surface area contributed by atoms with Crippen LogP contribution in [0, 0.1) is 6.92 Å². The minimum Gasteiger partial charge on any atom is -0.393 e. The molecule has 0 atom stereocenters. The standard InChI is InChI=1S/C10H13N3OS/c1-6-11-4-7(5-15)10(12-6)13-8-2-9(14)3-8/h4-5,8-9,14H,2-3H2,1H3,(H,11,12,13). The molecule has 1 aliphatic carbocycles. The van der Waals surface area contributed by atoms with Crippen molar-refractivity contribution in [2.75, 3.05) is 5.32 Å². The van der Waals surface area contributed by atoms with E-state index in [1.165, 1.54) is 0 Å². The van der Waals surface area contributed by atoms with Crippen LogP contribution in [0.15, 0.2) is 6.20 Å². The number of anilines is 1. The van der Waals surface area contributed by atoms with Gasteiger partial charge < -0.3 is 10.4 Å². The first-order valence-corrected chi connectivity index (χ1v) is 5.39. The summed E-state index contributed by atoms with van der Waals surface area (Å²) < 4.78 is 0. The van der Waals surface area contributed by atoms with E-state index in [4.69, 9.17) is 12.2 Å². The fraction of sp³-hybridized carbons (Fsp3) is 0.500. The summed E-state index contributed by atoms with van der Waals surface area (Å²) in [4.78, 5) is 8.37. The number of nitrogens with one attached hydrogen (secondary N) is 1. The number of thiocarbonyl (C=S) groups is 1. The summed E-state index contributed by atoms with van der Waals surface area (Å²) in [6, 6.07) is 0.308. The first-order valence-electron chi connectivity index (χ1n) is 4.92. The quantitative estimate of drug-likeness (QED) is 0.751. The third-order valence-electron chi connectivity index (χ3n) is 2.52. The normalized spacial score (nSPS) is 24.4. The first kappa shape index (κ1) is 10.4. The van der Waals surface area contributed by atoms with Crippen molar-refractivity contribution in [3.63, 3.8) is 0 Å². The van der Waals surface area contributed by atoms with Crippen LogP contribution in [0.25, 0.3) is 0 Å². The Morgan fingerprint density at radius 2 is 2.33 bits per heavy atom. The van der Waals surface area contributed by atoms with Gasteiger partial charge in [0.2, 0.25) is 0 Å². The highest BCUT2D eigenvalue weighted by Gasteiger charge is 2.27. The number of aromatic nitrogens is 2. The van der Waals surface area contributed by atoms with Gasteiger partial charge in [0.1, 0.15) is 11.6 Å². The van der Waals surface area contributed by atoms with E-state index < -0.39 is 0 Å². The molecule has 0 bridgehead atoms. The zero-order chi connectivity index (χ0) is 10.8. The molecule has 1 aromatic heterocycles. The van der Waals surface area contributed by atoms with Crippen molar-refractivity contribution >= 4 is 23.4 Å². The zero-order valence-electron chi connectivity index (χ0n) is 8.47. The second-order valence-electron chi connectivity index (χ2n) is 3.81. The van der Waals surface area contributed by atoms with Crippen LogP contribution >= 0.6 is 12.2 Å². The minimum atomic E-state index is -0.165. The van der Waals surface area contributed by atoms with Crippen molar-refractivity contribution in [1.82, 2.24) is 9.97 Å². The summed E-state index contributed by atoms with van der Waals surface area (Å²) in [6.07, 6.45) is 3.11. The Balaban J connectivity index is 2.12. The lowest BCUT2D eigenvalue weighted by atomic mass is 9.89. The molecule has 0 aliphatic heterocycles. The molecule has 1 fully saturated rings. The molecule has 2 rings (SSSR count). The van der Waals surface area contributed by atoms with Crippen LogP contribution < -0.4 is 5.32 Å². The van der Waals surface area contributed by atoms with E-state index in [9.17, 15) is 5.11 Å². The van der Waals surface area contributed by atoms with E-state index in [-0.39, 0.29) is 6.10 Å². The van der Waals surface area contributed by atoms with Crippen molar-refractivity contribution in [3.8, 4) is 0 Å². The minimum absolute atomic E-state index is 0.165. The SMILES string of the molecule is Cc1ncc(C=S)c(NC2CC(O)C2)n1. The van der Waals surface area contributed by atoms with Gasteiger partial charge in [-0.1, -0.05) is 12.2 Å². The summed E-state index contributed by atoms with van der Waals surface area (Å²) in [7, 11) is 0. The fourth-order valence-electron chi connectivity index (χ4n) is 1.58. The lowest BCUT2D eigenvalue weighted by molar-refractivity contribution is 0.0835. The molecule has 4 nitrogen and oxygen atoms in total. The molecule has 15 heavy (non-hydrogen) atoms. The van der Waals surface area contributed by atoms with E-state index >= 15 is 0 Å².